The molecular formula is C56H44S4. The van der Waals surface area contributed by atoms with Gasteiger partial charge in [-0.1, -0.05) is 145 Å². The zero-order valence-electron chi connectivity index (χ0n) is 34.6. The van der Waals surface area contributed by atoms with Gasteiger partial charge in [-0.05, 0) is 109 Å². The molecule has 0 aliphatic carbocycles. The molecule has 1 unspecified atom stereocenters. The van der Waals surface area contributed by atoms with Crippen LogP contribution in [0.25, 0.3) is 93.9 Å². The van der Waals surface area contributed by atoms with Gasteiger partial charge in [-0.2, -0.15) is 10.9 Å². The highest BCUT2D eigenvalue weighted by Gasteiger charge is 2.35. The van der Waals surface area contributed by atoms with Crippen LogP contribution in [-0.4, -0.2) is 0 Å². The van der Waals surface area contributed by atoms with E-state index in [2.05, 4.69) is 193 Å². The van der Waals surface area contributed by atoms with E-state index in [9.17, 15) is 0 Å². The molecule has 0 bridgehead atoms. The summed E-state index contributed by atoms with van der Waals surface area (Å²) in [7, 11) is -0.737. The second-order valence-electron chi connectivity index (χ2n) is 18.4. The highest BCUT2D eigenvalue weighted by Crippen LogP contribution is 2.66. The van der Waals surface area contributed by atoms with Crippen molar-refractivity contribution in [2.24, 2.45) is 0 Å². The highest BCUT2D eigenvalue weighted by molar-refractivity contribution is 8.17. The van der Waals surface area contributed by atoms with Gasteiger partial charge in [0.1, 0.15) is 0 Å². The van der Waals surface area contributed by atoms with Gasteiger partial charge in [0, 0.05) is 70.3 Å². The Morgan fingerprint density at radius 1 is 0.367 bits per heavy atom. The van der Waals surface area contributed by atoms with Crippen molar-refractivity contribution in [3.8, 4) is 33.4 Å². The third-order valence-corrected chi connectivity index (χ3v) is 18.4. The maximum absolute atomic E-state index is 2.56. The number of rotatable bonds is 3. The fraction of sp³-hybridized carbons (Fsp3) is 0.143. The molecule has 3 aromatic heterocycles. The van der Waals surface area contributed by atoms with Crippen molar-refractivity contribution in [2.45, 2.75) is 67.1 Å². The molecule has 0 N–H and O–H groups in total. The van der Waals surface area contributed by atoms with Gasteiger partial charge in [0.15, 0.2) is 0 Å². The summed E-state index contributed by atoms with van der Waals surface area (Å²) in [6.45, 7) is 14.4. The maximum Gasteiger partial charge on any atom is 0.0373 e. The minimum absolute atomic E-state index is 0.0202. The van der Waals surface area contributed by atoms with Crippen molar-refractivity contribution >= 4 is 105 Å². The van der Waals surface area contributed by atoms with Crippen LogP contribution in [0.15, 0.2) is 166 Å². The fourth-order valence-corrected chi connectivity index (χ4v) is 16.6. The van der Waals surface area contributed by atoms with Crippen LogP contribution in [0.2, 0.25) is 0 Å². The summed E-state index contributed by atoms with van der Waals surface area (Å²) in [5.41, 5.74) is 10.9. The third-order valence-electron chi connectivity index (χ3n) is 12.6. The number of hydrogen-bond acceptors (Lipinski definition) is 3. The van der Waals surface area contributed by atoms with E-state index in [1.807, 2.05) is 34.0 Å². The molecule has 11 aromatic rings. The van der Waals surface area contributed by atoms with E-state index >= 15 is 0 Å². The average Bonchev–Trinajstić information content (AvgIpc) is 4.00. The van der Waals surface area contributed by atoms with E-state index in [1.165, 1.54) is 120 Å². The van der Waals surface area contributed by atoms with Crippen molar-refractivity contribution in [3.05, 3.63) is 163 Å². The molecule has 0 radical (unpaired) electrons. The van der Waals surface area contributed by atoms with E-state index in [0.29, 0.717) is 0 Å². The van der Waals surface area contributed by atoms with Crippen molar-refractivity contribution < 1.29 is 0 Å². The Morgan fingerprint density at radius 3 is 1.53 bits per heavy atom. The lowest BCUT2D eigenvalue weighted by Crippen LogP contribution is -2.13. The summed E-state index contributed by atoms with van der Waals surface area (Å²) >= 11 is 5.85. The number of benzene rings is 8. The minimum Gasteiger partial charge on any atom is -0.172 e. The fourth-order valence-electron chi connectivity index (χ4n) is 10.3. The number of fused-ring (bicyclic) bond motifs is 12. The molecular weight excluding hydrogens is 801 g/mol. The first kappa shape index (κ1) is 36.6. The lowest BCUT2D eigenvalue weighted by atomic mass is 9.79. The second-order valence-corrected chi connectivity index (χ2v) is 23.8. The quantitative estimate of drug-likeness (QED) is 0.168. The van der Waals surface area contributed by atoms with Gasteiger partial charge in [-0.15, -0.1) is 34.0 Å². The predicted molar refractivity (Wildman–Crippen MR) is 269 cm³/mol. The number of thiol groups is 1. The Labute approximate surface area is 366 Å². The normalized spacial score (nSPS) is 14.9. The minimum atomic E-state index is -0.737. The largest absolute Gasteiger partial charge is 0.172 e. The van der Waals surface area contributed by atoms with Gasteiger partial charge in [0.2, 0.25) is 0 Å². The van der Waals surface area contributed by atoms with Gasteiger partial charge in [-0.3, -0.25) is 0 Å². The van der Waals surface area contributed by atoms with Crippen molar-refractivity contribution in [1.29, 1.82) is 0 Å². The van der Waals surface area contributed by atoms with Crippen molar-refractivity contribution in [2.75, 3.05) is 0 Å². The average molecular weight is 845 g/mol. The van der Waals surface area contributed by atoms with Crippen LogP contribution in [0.5, 0.6) is 0 Å². The van der Waals surface area contributed by atoms with Gasteiger partial charge in [-0.25, -0.2) is 0 Å². The molecule has 4 heterocycles. The van der Waals surface area contributed by atoms with Gasteiger partial charge < -0.3 is 0 Å². The molecule has 0 saturated heterocycles. The highest BCUT2D eigenvalue weighted by atomic mass is 32.2. The zero-order chi connectivity index (χ0) is 40.7. The predicted octanol–water partition coefficient (Wildman–Crippen LogP) is 18.2. The number of hydrogen-bond donors (Lipinski definition) is 1. The first-order valence-corrected chi connectivity index (χ1v) is 24.7. The standard InChI is InChI=1S/C56H44S4/c1-55(2,3)53-49-37-18-10-12-22-39(37)57-44(49)31-46-50(53)38-19-11-13-25-45(38)60(46)34-28-26-33(27-29-34)36-21-15-24-41-48(36)52-43(59-41)30-42-51(54(52)56(4,5)6)47-35(20-14-23-40(47)58-42)32-16-8-7-9-17-32/h7-31,60H,1-6H3. The first-order chi connectivity index (χ1) is 29.0. The van der Waals surface area contributed by atoms with Crippen molar-refractivity contribution in [1.82, 2.24) is 0 Å². The molecule has 0 fully saturated rings. The SMILES string of the molecule is CC(C)(C)c1c2c(cc3sc4ccccc4c13)[SH](c1ccc(-c3cccc4sc5cc6sc7cccc(-c8ccccc8)c7c6c(C(C)(C)C)c5c34)cc1)c1ccccc1-2. The van der Waals surface area contributed by atoms with E-state index < -0.39 is 10.9 Å². The van der Waals surface area contributed by atoms with Crippen LogP contribution in [0, 0.1) is 0 Å². The monoisotopic (exact) mass is 844 g/mol. The van der Waals surface area contributed by atoms with E-state index in [1.54, 1.807) is 0 Å². The summed E-state index contributed by atoms with van der Waals surface area (Å²) in [6.07, 6.45) is 0. The summed E-state index contributed by atoms with van der Waals surface area (Å²) in [5, 5.41) is 8.44. The summed E-state index contributed by atoms with van der Waals surface area (Å²) in [5.74, 6) is 0. The lowest BCUT2D eigenvalue weighted by Gasteiger charge is -2.26. The smallest absolute Gasteiger partial charge is 0.0373 e. The Kier molecular flexibility index (Phi) is 8.01. The van der Waals surface area contributed by atoms with Crippen LogP contribution in [-0.2, 0) is 10.8 Å². The molecule has 0 nitrogen and oxygen atoms in total. The molecule has 0 amide bonds. The lowest BCUT2D eigenvalue weighted by molar-refractivity contribution is 0.597. The summed E-state index contributed by atoms with van der Waals surface area (Å²) < 4.78 is 8.25. The molecule has 12 rings (SSSR count). The van der Waals surface area contributed by atoms with E-state index in [4.69, 9.17) is 0 Å². The van der Waals surface area contributed by atoms with E-state index in [0.717, 1.165) is 0 Å². The Balaban J connectivity index is 1.07. The molecule has 1 atom stereocenters. The first-order valence-electron chi connectivity index (χ1n) is 20.9. The number of thiophene rings is 3. The third kappa shape index (κ3) is 5.34. The molecule has 1 aliphatic heterocycles. The molecule has 8 aromatic carbocycles. The molecule has 0 saturated carbocycles. The Bertz CT molecular complexity index is 3540. The van der Waals surface area contributed by atoms with Crippen LogP contribution >= 0.6 is 44.9 Å². The summed E-state index contributed by atoms with van der Waals surface area (Å²) in [4.78, 5) is 4.40. The second kappa shape index (κ2) is 13.1. The van der Waals surface area contributed by atoms with E-state index in [-0.39, 0.29) is 10.8 Å². The molecule has 60 heavy (non-hydrogen) atoms. The van der Waals surface area contributed by atoms with Gasteiger partial charge in [0.25, 0.3) is 0 Å². The van der Waals surface area contributed by atoms with Crippen LogP contribution < -0.4 is 0 Å². The van der Waals surface area contributed by atoms with Gasteiger partial charge in [0.05, 0.1) is 0 Å². The maximum atomic E-state index is 2.56. The van der Waals surface area contributed by atoms with Crippen LogP contribution in [0.1, 0.15) is 52.7 Å². The topological polar surface area (TPSA) is 0 Å². The molecule has 292 valence electrons. The Hall–Kier alpha value is -5.23. The van der Waals surface area contributed by atoms with Crippen LogP contribution in [0.3, 0.4) is 0 Å². The summed E-state index contributed by atoms with van der Waals surface area (Å²) in [6, 6.07) is 57.8. The van der Waals surface area contributed by atoms with Gasteiger partial charge >= 0.3 is 0 Å². The molecule has 1 aliphatic rings. The van der Waals surface area contributed by atoms with Crippen molar-refractivity contribution in [3.63, 3.8) is 0 Å². The zero-order valence-corrected chi connectivity index (χ0v) is 37.9. The molecule has 0 spiro atoms. The molecule has 4 heteroatoms. The Morgan fingerprint density at radius 2 is 0.883 bits per heavy atom. The van der Waals surface area contributed by atoms with Crippen LogP contribution in [0.4, 0.5) is 0 Å².